The molecule has 1 aliphatic heterocycles. The van der Waals surface area contributed by atoms with Crippen molar-refractivity contribution in [2.24, 2.45) is 12.8 Å². The number of nitrogens with two attached hydrogens (primary N) is 1. The number of aryl methyl sites for hydroxylation is 3. The van der Waals surface area contributed by atoms with Crippen LogP contribution in [0, 0.1) is 13.8 Å². The van der Waals surface area contributed by atoms with Crippen molar-refractivity contribution in [3.8, 4) is 11.1 Å². The van der Waals surface area contributed by atoms with E-state index in [1.54, 1.807) is 74.3 Å². The van der Waals surface area contributed by atoms with Gasteiger partial charge in [0, 0.05) is 40.8 Å². The molecular weight excluding hydrogens is 498 g/mol. The fraction of sp³-hybridized carbons (Fsp3) is 0.207. The molecule has 0 fully saturated rings. The molecule has 0 radical (unpaired) electrons. The number of benzene rings is 2. The Morgan fingerprint density at radius 2 is 1.79 bits per heavy atom. The number of pyridine rings is 1. The number of carbonyl (C=O) groups is 3. The van der Waals surface area contributed by atoms with E-state index in [1.807, 2.05) is 6.92 Å². The van der Waals surface area contributed by atoms with Gasteiger partial charge in [-0.15, -0.1) is 0 Å². The van der Waals surface area contributed by atoms with Gasteiger partial charge in [-0.2, -0.15) is 4.74 Å². The Labute approximate surface area is 224 Å². The molecule has 0 saturated carbocycles. The Bertz CT molecular complexity index is 1700. The summed E-state index contributed by atoms with van der Waals surface area (Å²) in [6.45, 7) is 5.39. The fourth-order valence-electron chi connectivity index (χ4n) is 5.11. The van der Waals surface area contributed by atoms with Crippen molar-refractivity contribution in [3.63, 3.8) is 0 Å². The quantitative estimate of drug-likeness (QED) is 0.388. The lowest BCUT2D eigenvalue weighted by Crippen LogP contribution is -2.28. The molecule has 39 heavy (non-hydrogen) atoms. The highest BCUT2D eigenvalue weighted by Gasteiger charge is 2.40. The van der Waals surface area contributed by atoms with Crippen molar-refractivity contribution in [1.29, 1.82) is 0 Å². The number of anilines is 2. The zero-order chi connectivity index (χ0) is 28.0. The van der Waals surface area contributed by atoms with Crippen LogP contribution in [-0.2, 0) is 7.05 Å². The van der Waals surface area contributed by atoms with Crippen molar-refractivity contribution in [3.05, 3.63) is 98.8 Å². The number of nitrogens with zero attached hydrogens (tertiary/aromatic N) is 3. The molecule has 1 unspecified atom stereocenters. The van der Waals surface area contributed by atoms with E-state index in [1.165, 1.54) is 10.8 Å². The average molecular weight is 526 g/mol. The molecule has 2 aromatic heterocycles. The average Bonchev–Trinajstić information content (AvgIpc) is 3.34. The lowest BCUT2D eigenvalue weighted by Gasteiger charge is -2.25. The summed E-state index contributed by atoms with van der Waals surface area (Å²) in [5.74, 6) is -0.839. The first kappa shape index (κ1) is 25.7. The minimum absolute atomic E-state index is 0.145. The number of carbonyl (C=O) groups excluding carboxylic acids is 3. The van der Waals surface area contributed by atoms with Crippen LogP contribution in [0.5, 0.6) is 0 Å². The lowest BCUT2D eigenvalue weighted by molar-refractivity contribution is 0.0986. The SMILES string of the molecule is CCC1c2c(cc(C)nc2C(=O)Nc2cccc(C(N)=O)c2)C(=O)N1c1ccc(-c2c(C)on(C)c2=O)cc1. The molecule has 10 heteroatoms. The Morgan fingerprint density at radius 1 is 1.08 bits per heavy atom. The number of hydrogen-bond acceptors (Lipinski definition) is 6. The number of aromatic nitrogens is 2. The first-order valence-electron chi connectivity index (χ1n) is 12.4. The smallest absolute Gasteiger partial charge is 0.290 e. The van der Waals surface area contributed by atoms with Gasteiger partial charge in [0.05, 0.1) is 11.6 Å². The van der Waals surface area contributed by atoms with Crippen LogP contribution in [0.4, 0.5) is 11.4 Å². The Hall–Kier alpha value is -4.99. The van der Waals surface area contributed by atoms with Gasteiger partial charge in [0.2, 0.25) is 5.91 Å². The van der Waals surface area contributed by atoms with Crippen LogP contribution in [0.25, 0.3) is 11.1 Å². The summed E-state index contributed by atoms with van der Waals surface area (Å²) < 4.78 is 6.58. The summed E-state index contributed by atoms with van der Waals surface area (Å²) in [6, 6.07) is 14.7. The van der Waals surface area contributed by atoms with Crippen molar-refractivity contribution in [2.45, 2.75) is 33.2 Å². The largest absolute Gasteiger partial charge is 0.381 e. The summed E-state index contributed by atoms with van der Waals surface area (Å²) in [5, 5.41) is 2.78. The van der Waals surface area contributed by atoms with Gasteiger partial charge in [-0.05, 0) is 62.2 Å². The van der Waals surface area contributed by atoms with E-state index in [0.29, 0.717) is 51.5 Å². The summed E-state index contributed by atoms with van der Waals surface area (Å²) in [5.41, 5.74) is 9.17. The summed E-state index contributed by atoms with van der Waals surface area (Å²) in [4.78, 5) is 57.3. The molecule has 0 saturated heterocycles. The molecule has 10 nitrogen and oxygen atoms in total. The van der Waals surface area contributed by atoms with Gasteiger partial charge in [0.1, 0.15) is 11.5 Å². The Kier molecular flexibility index (Phi) is 6.39. The van der Waals surface area contributed by atoms with Crippen LogP contribution in [0.15, 0.2) is 63.9 Å². The standard InChI is InChI=1S/C29H27N5O5/c1-5-22-24-21(13-15(2)31-25(24)27(36)32-19-8-6-7-18(14-19)26(30)35)28(37)34(22)20-11-9-17(10-12-20)23-16(3)39-33(4)29(23)38/h6-14,22H,5H2,1-4H3,(H2,30,35)(H,32,36). The van der Waals surface area contributed by atoms with Crippen molar-refractivity contribution in [2.75, 3.05) is 10.2 Å². The highest BCUT2D eigenvalue weighted by atomic mass is 16.5. The van der Waals surface area contributed by atoms with E-state index in [9.17, 15) is 19.2 Å². The van der Waals surface area contributed by atoms with Crippen LogP contribution < -0.4 is 21.5 Å². The second-order valence-electron chi connectivity index (χ2n) is 9.44. The first-order chi connectivity index (χ1) is 18.6. The number of rotatable bonds is 6. The van der Waals surface area contributed by atoms with E-state index < -0.39 is 17.9 Å². The van der Waals surface area contributed by atoms with Gasteiger partial charge in [0.15, 0.2) is 0 Å². The Balaban J connectivity index is 1.51. The number of nitrogens with one attached hydrogen (secondary N) is 1. The van der Waals surface area contributed by atoms with Gasteiger partial charge in [0.25, 0.3) is 17.4 Å². The number of primary amides is 1. The molecule has 198 valence electrons. The molecule has 1 atom stereocenters. The molecule has 0 bridgehead atoms. The summed E-state index contributed by atoms with van der Waals surface area (Å²) in [7, 11) is 1.55. The van der Waals surface area contributed by atoms with Gasteiger partial charge in [-0.25, -0.2) is 4.98 Å². The van der Waals surface area contributed by atoms with E-state index in [4.69, 9.17) is 10.3 Å². The van der Waals surface area contributed by atoms with Gasteiger partial charge >= 0.3 is 0 Å². The molecule has 3 amide bonds. The van der Waals surface area contributed by atoms with Crippen molar-refractivity contribution in [1.82, 2.24) is 9.72 Å². The summed E-state index contributed by atoms with van der Waals surface area (Å²) >= 11 is 0. The second-order valence-corrected chi connectivity index (χ2v) is 9.44. The molecule has 3 N–H and O–H groups in total. The Morgan fingerprint density at radius 3 is 2.41 bits per heavy atom. The molecule has 1 aliphatic rings. The maximum Gasteiger partial charge on any atom is 0.290 e. The number of hydrogen-bond donors (Lipinski definition) is 2. The minimum Gasteiger partial charge on any atom is -0.381 e. The maximum absolute atomic E-state index is 13.7. The third-order valence-corrected chi connectivity index (χ3v) is 6.85. The van der Waals surface area contributed by atoms with E-state index in [-0.39, 0.29) is 22.7 Å². The minimum atomic E-state index is -0.609. The predicted octanol–water partition coefficient (Wildman–Crippen LogP) is 4.12. The topological polar surface area (TPSA) is 141 Å². The number of amides is 3. The molecule has 4 aromatic rings. The molecule has 0 aliphatic carbocycles. The van der Waals surface area contributed by atoms with Gasteiger partial charge in [-0.1, -0.05) is 25.1 Å². The zero-order valence-electron chi connectivity index (χ0n) is 21.9. The molecule has 5 rings (SSSR count). The van der Waals surface area contributed by atoms with Crippen LogP contribution in [0.1, 0.15) is 67.6 Å². The monoisotopic (exact) mass is 525 g/mol. The molecule has 2 aromatic carbocycles. The first-order valence-corrected chi connectivity index (χ1v) is 12.4. The normalized spacial score (nSPS) is 14.4. The molecule has 3 heterocycles. The third-order valence-electron chi connectivity index (χ3n) is 6.85. The zero-order valence-corrected chi connectivity index (χ0v) is 21.9. The lowest BCUT2D eigenvalue weighted by atomic mass is 9.99. The van der Waals surface area contributed by atoms with Crippen LogP contribution in [0.2, 0.25) is 0 Å². The highest BCUT2D eigenvalue weighted by Crippen LogP contribution is 2.41. The maximum atomic E-state index is 13.7. The van der Waals surface area contributed by atoms with E-state index >= 15 is 0 Å². The fourth-order valence-corrected chi connectivity index (χ4v) is 5.11. The third kappa shape index (κ3) is 4.39. The predicted molar refractivity (Wildman–Crippen MR) is 146 cm³/mol. The van der Waals surface area contributed by atoms with Crippen LogP contribution in [-0.4, -0.2) is 27.4 Å². The van der Waals surface area contributed by atoms with Crippen molar-refractivity contribution >= 4 is 29.1 Å². The highest BCUT2D eigenvalue weighted by molar-refractivity contribution is 6.15. The van der Waals surface area contributed by atoms with E-state index in [0.717, 1.165) is 0 Å². The number of fused-ring (bicyclic) bond motifs is 1. The van der Waals surface area contributed by atoms with Gasteiger partial charge < -0.3 is 20.5 Å². The van der Waals surface area contributed by atoms with Crippen molar-refractivity contribution < 1.29 is 18.9 Å². The van der Waals surface area contributed by atoms with E-state index in [2.05, 4.69) is 10.3 Å². The van der Waals surface area contributed by atoms with Crippen LogP contribution >= 0.6 is 0 Å². The van der Waals surface area contributed by atoms with Gasteiger partial charge in [-0.3, -0.25) is 19.2 Å². The summed E-state index contributed by atoms with van der Waals surface area (Å²) in [6.07, 6.45) is 0.532. The molecular formula is C29H27N5O5. The molecule has 0 spiro atoms. The van der Waals surface area contributed by atoms with Crippen LogP contribution in [0.3, 0.4) is 0 Å². The second kappa shape index (κ2) is 9.71.